The van der Waals surface area contributed by atoms with Crippen LogP contribution in [0.25, 0.3) is 28.2 Å². The number of benzene rings is 2. The predicted octanol–water partition coefficient (Wildman–Crippen LogP) is 6.61. The number of ether oxygens (including phenoxy) is 3. The lowest BCUT2D eigenvalue weighted by Crippen LogP contribution is -2.33. The Morgan fingerprint density at radius 3 is 2.27 bits per heavy atom. The van der Waals surface area contributed by atoms with Crippen LogP contribution in [0.2, 0.25) is 0 Å². The third kappa shape index (κ3) is 5.61. The summed E-state index contributed by atoms with van der Waals surface area (Å²) in [6.07, 6.45) is 4.12. The Hall–Kier alpha value is -4.42. The molecule has 0 bridgehead atoms. The van der Waals surface area contributed by atoms with Gasteiger partial charge in [0.05, 0.1) is 27.0 Å². The van der Waals surface area contributed by atoms with Crippen LogP contribution in [0, 0.1) is 28.9 Å². The van der Waals surface area contributed by atoms with Crippen LogP contribution in [0.1, 0.15) is 31.0 Å². The first-order valence-electron chi connectivity index (χ1n) is 13.5. The summed E-state index contributed by atoms with van der Waals surface area (Å²) in [5, 5.41) is 10.5. The first kappa shape index (κ1) is 28.1. The molecule has 0 aliphatic carbocycles. The van der Waals surface area contributed by atoms with E-state index < -0.39 is 11.6 Å². The van der Waals surface area contributed by atoms with E-state index in [4.69, 9.17) is 19.2 Å². The first-order chi connectivity index (χ1) is 19.9. The zero-order valence-electron chi connectivity index (χ0n) is 23.6. The van der Waals surface area contributed by atoms with E-state index in [-0.39, 0.29) is 16.8 Å². The number of hydrogen-bond acceptors (Lipinski definition) is 6. The molecular formula is C32H32F2N4O3. The van der Waals surface area contributed by atoms with E-state index in [9.17, 15) is 9.65 Å². The van der Waals surface area contributed by atoms with Crippen molar-refractivity contribution in [1.82, 2.24) is 14.5 Å². The van der Waals surface area contributed by atoms with Crippen LogP contribution < -0.4 is 14.2 Å². The lowest BCUT2D eigenvalue weighted by Gasteiger charge is -2.30. The van der Waals surface area contributed by atoms with Gasteiger partial charge in [-0.05, 0) is 79.9 Å². The second-order valence-corrected chi connectivity index (χ2v) is 10.2. The fourth-order valence-corrected chi connectivity index (χ4v) is 5.32. The van der Waals surface area contributed by atoms with Crippen LogP contribution in [-0.2, 0) is 6.54 Å². The molecule has 4 aromatic rings. The van der Waals surface area contributed by atoms with Crippen molar-refractivity contribution in [3.63, 3.8) is 0 Å². The maximum atomic E-state index is 15.1. The maximum absolute atomic E-state index is 15.1. The molecule has 2 aromatic carbocycles. The smallest absolute Gasteiger partial charge is 0.203 e. The summed E-state index contributed by atoms with van der Waals surface area (Å²) in [5.74, 6) is 0.822. The Morgan fingerprint density at radius 1 is 0.951 bits per heavy atom. The van der Waals surface area contributed by atoms with E-state index in [0.29, 0.717) is 46.7 Å². The molecule has 212 valence electrons. The Morgan fingerprint density at radius 2 is 1.66 bits per heavy atom. The molecule has 1 saturated heterocycles. The third-order valence-electron chi connectivity index (χ3n) is 7.62. The number of hydrogen-bond donors (Lipinski definition) is 0. The number of rotatable bonds is 8. The van der Waals surface area contributed by atoms with Crippen molar-refractivity contribution in [3.05, 3.63) is 77.6 Å². The highest BCUT2D eigenvalue weighted by molar-refractivity contribution is 5.81. The largest absolute Gasteiger partial charge is 0.493 e. The molecule has 1 fully saturated rings. The first-order valence-corrected chi connectivity index (χ1v) is 13.5. The molecule has 1 aliphatic heterocycles. The van der Waals surface area contributed by atoms with Crippen LogP contribution in [0.5, 0.6) is 17.2 Å². The molecule has 1 aliphatic rings. The van der Waals surface area contributed by atoms with Crippen LogP contribution in [0.4, 0.5) is 8.78 Å². The van der Waals surface area contributed by atoms with E-state index in [1.54, 1.807) is 18.2 Å². The number of methoxy groups -OCH3 is 3. The number of nitrogens with zero attached hydrogens (tertiary/aromatic N) is 4. The summed E-state index contributed by atoms with van der Waals surface area (Å²) in [7, 11) is 4.53. The van der Waals surface area contributed by atoms with Gasteiger partial charge in [-0.1, -0.05) is 6.92 Å². The van der Waals surface area contributed by atoms with Gasteiger partial charge in [-0.2, -0.15) is 5.26 Å². The Kier molecular flexibility index (Phi) is 8.22. The molecule has 9 heteroatoms. The van der Waals surface area contributed by atoms with Crippen molar-refractivity contribution in [1.29, 1.82) is 5.26 Å². The minimum absolute atomic E-state index is 0.115. The minimum Gasteiger partial charge on any atom is -0.493 e. The molecule has 0 saturated carbocycles. The summed E-state index contributed by atoms with van der Waals surface area (Å²) < 4.78 is 47.4. The fourth-order valence-electron chi connectivity index (χ4n) is 5.32. The quantitative estimate of drug-likeness (QED) is 0.242. The third-order valence-corrected chi connectivity index (χ3v) is 7.62. The molecule has 0 amide bonds. The predicted molar refractivity (Wildman–Crippen MR) is 152 cm³/mol. The SMILES string of the molecule is COc1cc(-c2cc(-c3ccc(F)cc3F)nc(-n3cccc3CN3CCC(C)CC3)c2C#N)cc(OC)c1OC. The number of aromatic nitrogens is 2. The minimum atomic E-state index is -0.751. The molecule has 0 radical (unpaired) electrons. The van der Waals surface area contributed by atoms with Gasteiger partial charge < -0.3 is 18.8 Å². The maximum Gasteiger partial charge on any atom is 0.203 e. The van der Waals surface area contributed by atoms with E-state index in [1.807, 2.05) is 22.9 Å². The van der Waals surface area contributed by atoms with Gasteiger partial charge in [0.2, 0.25) is 5.75 Å². The molecule has 0 N–H and O–H groups in total. The highest BCUT2D eigenvalue weighted by Gasteiger charge is 2.23. The summed E-state index contributed by atoms with van der Waals surface area (Å²) in [6, 6.07) is 14.7. The number of pyridine rings is 1. The fraction of sp³-hybridized carbons (Fsp3) is 0.312. The van der Waals surface area contributed by atoms with E-state index in [0.717, 1.165) is 37.7 Å². The normalized spacial score (nSPS) is 14.1. The monoisotopic (exact) mass is 558 g/mol. The summed E-state index contributed by atoms with van der Waals surface area (Å²) in [4.78, 5) is 7.18. The van der Waals surface area contributed by atoms with E-state index in [1.165, 1.54) is 33.5 Å². The van der Waals surface area contributed by atoms with Crippen molar-refractivity contribution in [3.8, 4) is 51.5 Å². The highest BCUT2D eigenvalue weighted by atomic mass is 19.1. The molecule has 7 nitrogen and oxygen atoms in total. The zero-order valence-corrected chi connectivity index (χ0v) is 23.6. The number of halogens is 2. The molecule has 41 heavy (non-hydrogen) atoms. The van der Waals surface area contributed by atoms with Crippen molar-refractivity contribution in [2.45, 2.75) is 26.3 Å². The second-order valence-electron chi connectivity index (χ2n) is 10.2. The lowest BCUT2D eigenvalue weighted by atomic mass is 9.97. The van der Waals surface area contributed by atoms with Crippen LogP contribution in [0.15, 0.2) is 54.7 Å². The zero-order chi connectivity index (χ0) is 29.1. The molecule has 3 heterocycles. The molecule has 5 rings (SSSR count). The molecule has 2 aromatic heterocycles. The molecular weight excluding hydrogens is 526 g/mol. The second kappa shape index (κ2) is 12.0. The van der Waals surface area contributed by atoms with Crippen molar-refractivity contribution in [2.24, 2.45) is 5.92 Å². The Labute approximate surface area is 238 Å². The van der Waals surface area contributed by atoms with Gasteiger partial charge in [-0.15, -0.1) is 0 Å². The average molecular weight is 559 g/mol. The average Bonchev–Trinajstić information content (AvgIpc) is 3.44. The van der Waals surface area contributed by atoms with E-state index >= 15 is 4.39 Å². The van der Waals surface area contributed by atoms with Gasteiger partial charge in [0, 0.05) is 35.6 Å². The van der Waals surface area contributed by atoms with Crippen molar-refractivity contribution >= 4 is 0 Å². The van der Waals surface area contributed by atoms with Crippen molar-refractivity contribution in [2.75, 3.05) is 34.4 Å². The van der Waals surface area contributed by atoms with Gasteiger partial charge in [-0.3, -0.25) is 4.90 Å². The number of piperidine rings is 1. The van der Waals surface area contributed by atoms with Crippen LogP contribution in [0.3, 0.4) is 0 Å². The highest BCUT2D eigenvalue weighted by Crippen LogP contribution is 2.43. The van der Waals surface area contributed by atoms with Gasteiger partial charge in [0.15, 0.2) is 17.3 Å². The van der Waals surface area contributed by atoms with Gasteiger partial charge in [0.25, 0.3) is 0 Å². The number of likely N-dealkylation sites (tertiary alicyclic amines) is 1. The summed E-state index contributed by atoms with van der Waals surface area (Å²) >= 11 is 0. The molecule has 0 spiro atoms. The molecule has 0 unspecified atom stereocenters. The lowest BCUT2D eigenvalue weighted by molar-refractivity contribution is 0.182. The Bertz CT molecular complexity index is 1580. The van der Waals surface area contributed by atoms with Crippen LogP contribution in [-0.4, -0.2) is 48.9 Å². The topological polar surface area (TPSA) is 72.5 Å². The number of nitriles is 1. The standard InChI is InChI=1S/C32H32F2N4O3/c1-20-9-12-37(13-10-20)19-23-6-5-11-38(23)32-26(18-35)25(17-28(36-32)24-8-7-22(33)16-27(24)34)21-14-29(39-2)31(41-4)30(15-21)40-3/h5-8,11,14-17,20H,9-10,12-13,19H2,1-4H3. The van der Waals surface area contributed by atoms with Gasteiger partial charge in [0.1, 0.15) is 23.3 Å². The van der Waals surface area contributed by atoms with Gasteiger partial charge >= 0.3 is 0 Å². The Balaban J connectivity index is 1.73. The van der Waals surface area contributed by atoms with E-state index in [2.05, 4.69) is 17.9 Å². The summed E-state index contributed by atoms with van der Waals surface area (Å²) in [6.45, 7) is 4.93. The summed E-state index contributed by atoms with van der Waals surface area (Å²) in [5.41, 5.74) is 2.69. The van der Waals surface area contributed by atoms with Crippen molar-refractivity contribution < 1.29 is 23.0 Å². The van der Waals surface area contributed by atoms with Gasteiger partial charge in [-0.25, -0.2) is 13.8 Å². The molecule has 0 atom stereocenters. The van der Waals surface area contributed by atoms with Crippen LogP contribution >= 0.6 is 0 Å².